The number of pyridine rings is 1. The molecule has 1 aromatic heterocycles. The Bertz CT molecular complexity index is 468. The quantitative estimate of drug-likeness (QED) is 0.919. The molecule has 1 aromatic rings. The zero-order valence-corrected chi connectivity index (χ0v) is 12.1. The summed E-state index contributed by atoms with van der Waals surface area (Å²) in [6.45, 7) is 3.97. The summed E-state index contributed by atoms with van der Waals surface area (Å²) in [5, 5.41) is 3.46. The molecule has 3 rings (SSSR count). The molecule has 0 saturated carbocycles. The predicted octanol–water partition coefficient (Wildman–Crippen LogP) is 2.28. The highest BCUT2D eigenvalue weighted by atomic mass is 16.2. The Morgan fingerprint density at radius 1 is 1.45 bits per heavy atom. The molecule has 2 saturated heterocycles. The average Bonchev–Trinajstić information content (AvgIpc) is 3.17. The van der Waals surface area contributed by atoms with Crippen LogP contribution in [0.25, 0.3) is 0 Å². The maximum absolute atomic E-state index is 13.0. The zero-order valence-electron chi connectivity index (χ0n) is 12.1. The smallest absolute Gasteiger partial charge is 0.243 e. The standard InChI is InChI=1S/C16H23N3O/c1-2-16(8-4-9-18-16)15(20)19-12-3-5-14(19)13-6-10-17-11-7-13/h6-7,10-11,14,18H,2-5,8-9,12H2,1H3. The molecule has 2 aliphatic heterocycles. The van der Waals surface area contributed by atoms with Crippen LogP contribution in [0.2, 0.25) is 0 Å². The van der Waals surface area contributed by atoms with Crippen LogP contribution in [0.15, 0.2) is 24.5 Å². The van der Waals surface area contributed by atoms with E-state index in [0.29, 0.717) is 5.91 Å². The number of hydrogen-bond acceptors (Lipinski definition) is 3. The fraction of sp³-hybridized carbons (Fsp3) is 0.625. The number of nitrogens with one attached hydrogen (secondary N) is 1. The first kappa shape index (κ1) is 13.6. The normalized spacial score (nSPS) is 29.9. The van der Waals surface area contributed by atoms with E-state index in [-0.39, 0.29) is 11.6 Å². The topological polar surface area (TPSA) is 45.2 Å². The van der Waals surface area contributed by atoms with Gasteiger partial charge in [0.05, 0.1) is 11.6 Å². The van der Waals surface area contributed by atoms with Gasteiger partial charge in [0, 0.05) is 18.9 Å². The molecule has 1 amide bonds. The first-order valence-electron chi connectivity index (χ1n) is 7.73. The van der Waals surface area contributed by atoms with Crippen LogP contribution in [0.1, 0.15) is 50.6 Å². The van der Waals surface area contributed by atoms with Gasteiger partial charge in [-0.15, -0.1) is 0 Å². The van der Waals surface area contributed by atoms with Gasteiger partial charge in [0.15, 0.2) is 0 Å². The van der Waals surface area contributed by atoms with Crippen LogP contribution in [0.3, 0.4) is 0 Å². The molecule has 1 N–H and O–H groups in total. The lowest BCUT2D eigenvalue weighted by molar-refractivity contribution is -0.139. The van der Waals surface area contributed by atoms with E-state index in [2.05, 4.69) is 22.1 Å². The number of likely N-dealkylation sites (tertiary alicyclic amines) is 1. The van der Waals surface area contributed by atoms with Gasteiger partial charge in [-0.2, -0.15) is 0 Å². The number of hydrogen-bond donors (Lipinski definition) is 1. The van der Waals surface area contributed by atoms with Gasteiger partial charge in [-0.1, -0.05) is 6.92 Å². The predicted molar refractivity (Wildman–Crippen MR) is 78.2 cm³/mol. The second kappa shape index (κ2) is 5.52. The zero-order chi connectivity index (χ0) is 14.0. The molecule has 2 fully saturated rings. The summed E-state index contributed by atoms with van der Waals surface area (Å²) in [6, 6.07) is 4.31. The molecule has 0 aromatic carbocycles. The summed E-state index contributed by atoms with van der Waals surface area (Å²) < 4.78 is 0. The van der Waals surface area contributed by atoms with E-state index in [1.807, 2.05) is 24.5 Å². The lowest BCUT2D eigenvalue weighted by atomic mass is 9.91. The summed E-state index contributed by atoms with van der Waals surface area (Å²) in [5.41, 5.74) is 0.908. The van der Waals surface area contributed by atoms with Gasteiger partial charge in [-0.25, -0.2) is 0 Å². The van der Waals surface area contributed by atoms with Crippen molar-refractivity contribution >= 4 is 5.91 Å². The highest BCUT2D eigenvalue weighted by Crippen LogP contribution is 2.36. The summed E-state index contributed by atoms with van der Waals surface area (Å²) in [5.74, 6) is 0.303. The highest BCUT2D eigenvalue weighted by molar-refractivity contribution is 5.87. The lowest BCUT2D eigenvalue weighted by Crippen LogP contribution is -2.54. The third-order valence-electron chi connectivity index (χ3n) is 4.86. The second-order valence-corrected chi connectivity index (χ2v) is 5.90. The van der Waals surface area contributed by atoms with Gasteiger partial charge in [-0.05, 0) is 56.3 Å². The van der Waals surface area contributed by atoms with Crippen LogP contribution >= 0.6 is 0 Å². The van der Waals surface area contributed by atoms with E-state index in [4.69, 9.17) is 0 Å². The molecule has 4 nitrogen and oxygen atoms in total. The fourth-order valence-corrected chi connectivity index (χ4v) is 3.66. The minimum Gasteiger partial charge on any atom is -0.334 e. The molecule has 0 spiro atoms. The fourth-order valence-electron chi connectivity index (χ4n) is 3.66. The summed E-state index contributed by atoms with van der Waals surface area (Å²) in [4.78, 5) is 19.2. The Kier molecular flexibility index (Phi) is 3.74. The van der Waals surface area contributed by atoms with Crippen LogP contribution < -0.4 is 5.32 Å². The van der Waals surface area contributed by atoms with Crippen molar-refractivity contribution in [2.45, 2.75) is 50.6 Å². The van der Waals surface area contributed by atoms with Gasteiger partial charge in [0.1, 0.15) is 0 Å². The number of rotatable bonds is 3. The van der Waals surface area contributed by atoms with Gasteiger partial charge in [0.2, 0.25) is 5.91 Å². The Hall–Kier alpha value is -1.42. The Labute approximate surface area is 120 Å². The summed E-state index contributed by atoms with van der Waals surface area (Å²) in [7, 11) is 0. The first-order valence-corrected chi connectivity index (χ1v) is 7.73. The van der Waals surface area contributed by atoms with Gasteiger partial charge >= 0.3 is 0 Å². The molecule has 2 aliphatic rings. The maximum Gasteiger partial charge on any atom is 0.243 e. The minimum absolute atomic E-state index is 0.233. The molecular weight excluding hydrogens is 250 g/mol. The van der Waals surface area contributed by atoms with Crippen LogP contribution in [-0.4, -0.2) is 34.4 Å². The molecule has 0 bridgehead atoms. The molecule has 108 valence electrons. The SMILES string of the molecule is CCC1(C(=O)N2CCCC2c2ccncc2)CCCN1. The molecule has 2 unspecified atom stereocenters. The number of amides is 1. The van der Waals surface area contributed by atoms with Crippen molar-refractivity contribution in [2.24, 2.45) is 0 Å². The van der Waals surface area contributed by atoms with E-state index in [1.54, 1.807) is 0 Å². The average molecular weight is 273 g/mol. The van der Waals surface area contributed by atoms with Gasteiger partial charge in [-0.3, -0.25) is 9.78 Å². The molecule has 0 radical (unpaired) electrons. The van der Waals surface area contributed by atoms with Crippen molar-refractivity contribution < 1.29 is 4.79 Å². The van der Waals surface area contributed by atoms with Crippen LogP contribution in [0.5, 0.6) is 0 Å². The van der Waals surface area contributed by atoms with Gasteiger partial charge in [0.25, 0.3) is 0 Å². The van der Waals surface area contributed by atoms with Crippen LogP contribution in [-0.2, 0) is 4.79 Å². The van der Waals surface area contributed by atoms with E-state index in [0.717, 1.165) is 45.2 Å². The number of nitrogens with zero attached hydrogens (tertiary/aromatic N) is 2. The third kappa shape index (κ3) is 2.22. The Balaban J connectivity index is 1.83. The molecule has 4 heteroatoms. The Morgan fingerprint density at radius 3 is 2.90 bits per heavy atom. The number of carbonyl (C=O) groups is 1. The van der Waals surface area contributed by atoms with Crippen molar-refractivity contribution in [3.63, 3.8) is 0 Å². The molecular formula is C16H23N3O. The lowest BCUT2D eigenvalue weighted by Gasteiger charge is -2.35. The largest absolute Gasteiger partial charge is 0.334 e. The van der Waals surface area contributed by atoms with Crippen LogP contribution in [0, 0.1) is 0 Å². The van der Waals surface area contributed by atoms with Crippen molar-refractivity contribution in [1.82, 2.24) is 15.2 Å². The van der Waals surface area contributed by atoms with E-state index >= 15 is 0 Å². The molecule has 0 aliphatic carbocycles. The van der Waals surface area contributed by atoms with E-state index in [9.17, 15) is 4.79 Å². The minimum atomic E-state index is -0.310. The van der Waals surface area contributed by atoms with E-state index < -0.39 is 0 Å². The molecule has 2 atom stereocenters. The number of carbonyl (C=O) groups excluding carboxylic acids is 1. The molecule has 20 heavy (non-hydrogen) atoms. The summed E-state index contributed by atoms with van der Waals surface area (Å²) >= 11 is 0. The highest BCUT2D eigenvalue weighted by Gasteiger charge is 2.44. The monoisotopic (exact) mass is 273 g/mol. The van der Waals surface area contributed by atoms with E-state index in [1.165, 1.54) is 5.56 Å². The number of aromatic nitrogens is 1. The van der Waals surface area contributed by atoms with Crippen molar-refractivity contribution in [3.8, 4) is 0 Å². The van der Waals surface area contributed by atoms with Crippen molar-refractivity contribution in [2.75, 3.05) is 13.1 Å². The first-order chi connectivity index (χ1) is 9.77. The molecule has 3 heterocycles. The van der Waals surface area contributed by atoms with Crippen molar-refractivity contribution in [1.29, 1.82) is 0 Å². The third-order valence-corrected chi connectivity index (χ3v) is 4.86. The second-order valence-electron chi connectivity index (χ2n) is 5.90. The maximum atomic E-state index is 13.0. The Morgan fingerprint density at radius 2 is 2.25 bits per heavy atom. The van der Waals surface area contributed by atoms with Crippen LogP contribution in [0.4, 0.5) is 0 Å². The summed E-state index contributed by atoms with van der Waals surface area (Å²) in [6.07, 6.45) is 8.76. The van der Waals surface area contributed by atoms with Gasteiger partial charge < -0.3 is 10.2 Å². The van der Waals surface area contributed by atoms with Crippen molar-refractivity contribution in [3.05, 3.63) is 30.1 Å².